The zero-order chi connectivity index (χ0) is 12.3. The first-order valence-electron chi connectivity index (χ1n) is 5.94. The molecular weight excluding hydrogens is 200 g/mol. The first-order valence-corrected chi connectivity index (χ1v) is 5.94. The molecule has 1 N–H and O–H groups in total. The van der Waals surface area contributed by atoms with E-state index in [1.807, 2.05) is 11.7 Å². The topological polar surface area (TPSA) is 33.1 Å². The first-order chi connectivity index (χ1) is 7.47. The van der Waals surface area contributed by atoms with E-state index in [1.165, 1.54) is 11.4 Å². The molecule has 0 aromatic carbocycles. The third kappa shape index (κ3) is 2.76. The van der Waals surface area contributed by atoms with Crippen molar-refractivity contribution in [2.24, 2.45) is 7.05 Å². The third-order valence-electron chi connectivity index (χ3n) is 2.84. The van der Waals surface area contributed by atoms with Crippen molar-refractivity contribution >= 4 is 5.82 Å². The highest BCUT2D eigenvalue weighted by atomic mass is 15.4. The summed E-state index contributed by atoms with van der Waals surface area (Å²) >= 11 is 0. The summed E-state index contributed by atoms with van der Waals surface area (Å²) in [5.74, 6) is 1.22. The normalized spacial score (nSPS) is 11.2. The average molecular weight is 224 g/mol. The van der Waals surface area contributed by atoms with E-state index in [4.69, 9.17) is 0 Å². The van der Waals surface area contributed by atoms with Crippen LogP contribution < -0.4 is 10.2 Å². The van der Waals surface area contributed by atoms with Crippen molar-refractivity contribution in [2.75, 3.05) is 18.5 Å². The zero-order valence-corrected chi connectivity index (χ0v) is 11.3. The van der Waals surface area contributed by atoms with E-state index in [2.05, 4.69) is 50.1 Å². The molecule has 4 heteroatoms. The van der Waals surface area contributed by atoms with Crippen LogP contribution in [0.2, 0.25) is 0 Å². The molecule has 0 atom stereocenters. The summed E-state index contributed by atoms with van der Waals surface area (Å²) in [6, 6.07) is 0.499. The summed E-state index contributed by atoms with van der Waals surface area (Å²) in [6.45, 7) is 10.4. The number of aryl methyl sites for hydroxylation is 2. The van der Waals surface area contributed by atoms with Gasteiger partial charge in [0.1, 0.15) is 5.82 Å². The van der Waals surface area contributed by atoms with Crippen LogP contribution >= 0.6 is 0 Å². The SMILES string of the molecule is CCN(C)c1c(CNC(C)C)c(C)nn1C. The van der Waals surface area contributed by atoms with Gasteiger partial charge in [-0.25, -0.2) is 0 Å². The summed E-state index contributed by atoms with van der Waals surface area (Å²) in [4.78, 5) is 2.23. The lowest BCUT2D eigenvalue weighted by Gasteiger charge is -2.19. The molecule has 0 amide bonds. The fourth-order valence-corrected chi connectivity index (χ4v) is 1.83. The van der Waals surface area contributed by atoms with Crippen molar-refractivity contribution in [3.05, 3.63) is 11.3 Å². The molecular formula is C12H24N4. The van der Waals surface area contributed by atoms with Gasteiger partial charge >= 0.3 is 0 Å². The van der Waals surface area contributed by atoms with Crippen LogP contribution in [0.5, 0.6) is 0 Å². The Labute approximate surface area is 98.6 Å². The maximum atomic E-state index is 4.49. The maximum Gasteiger partial charge on any atom is 0.131 e. The van der Waals surface area contributed by atoms with Crippen LogP contribution in [0.25, 0.3) is 0 Å². The van der Waals surface area contributed by atoms with Gasteiger partial charge in [-0.3, -0.25) is 4.68 Å². The van der Waals surface area contributed by atoms with Crippen LogP contribution in [-0.2, 0) is 13.6 Å². The molecule has 0 aliphatic heterocycles. The van der Waals surface area contributed by atoms with Crippen molar-refractivity contribution in [1.82, 2.24) is 15.1 Å². The van der Waals surface area contributed by atoms with Gasteiger partial charge in [0.15, 0.2) is 0 Å². The summed E-state index contributed by atoms with van der Waals surface area (Å²) in [5.41, 5.74) is 2.42. The van der Waals surface area contributed by atoms with Crippen LogP contribution in [-0.4, -0.2) is 29.4 Å². The van der Waals surface area contributed by atoms with E-state index < -0.39 is 0 Å². The Bertz CT molecular complexity index is 341. The van der Waals surface area contributed by atoms with E-state index in [9.17, 15) is 0 Å². The molecule has 0 spiro atoms. The summed E-state index contributed by atoms with van der Waals surface area (Å²) in [5, 5.41) is 7.95. The Morgan fingerprint density at radius 1 is 1.44 bits per heavy atom. The Balaban J connectivity index is 2.96. The molecule has 0 radical (unpaired) electrons. The van der Waals surface area contributed by atoms with E-state index in [0.29, 0.717) is 6.04 Å². The van der Waals surface area contributed by atoms with Gasteiger partial charge in [0.2, 0.25) is 0 Å². The minimum Gasteiger partial charge on any atom is -0.360 e. The molecule has 0 aliphatic rings. The summed E-state index contributed by atoms with van der Waals surface area (Å²) in [6.07, 6.45) is 0. The van der Waals surface area contributed by atoms with Gasteiger partial charge in [-0.1, -0.05) is 13.8 Å². The molecule has 1 aromatic heterocycles. The monoisotopic (exact) mass is 224 g/mol. The Kier molecular flexibility index (Phi) is 4.35. The van der Waals surface area contributed by atoms with E-state index in [-0.39, 0.29) is 0 Å². The van der Waals surface area contributed by atoms with Gasteiger partial charge in [0.25, 0.3) is 0 Å². The quantitative estimate of drug-likeness (QED) is 0.826. The predicted molar refractivity (Wildman–Crippen MR) is 68.9 cm³/mol. The van der Waals surface area contributed by atoms with Gasteiger partial charge in [0.05, 0.1) is 5.69 Å². The maximum absolute atomic E-state index is 4.49. The highest BCUT2D eigenvalue weighted by Crippen LogP contribution is 2.21. The molecule has 0 aliphatic carbocycles. The van der Waals surface area contributed by atoms with Crippen molar-refractivity contribution < 1.29 is 0 Å². The zero-order valence-electron chi connectivity index (χ0n) is 11.3. The molecule has 0 bridgehead atoms. The Morgan fingerprint density at radius 3 is 2.56 bits per heavy atom. The fraction of sp³-hybridized carbons (Fsp3) is 0.750. The Hall–Kier alpha value is -1.03. The number of nitrogens with zero attached hydrogens (tertiary/aromatic N) is 3. The van der Waals surface area contributed by atoms with Crippen LogP contribution in [0.4, 0.5) is 5.82 Å². The van der Waals surface area contributed by atoms with Crippen molar-refractivity contribution in [3.63, 3.8) is 0 Å². The largest absolute Gasteiger partial charge is 0.360 e. The van der Waals surface area contributed by atoms with E-state index in [0.717, 1.165) is 18.8 Å². The lowest BCUT2D eigenvalue weighted by Crippen LogP contribution is -2.25. The fourth-order valence-electron chi connectivity index (χ4n) is 1.83. The second-order valence-corrected chi connectivity index (χ2v) is 4.56. The van der Waals surface area contributed by atoms with Crippen molar-refractivity contribution in [3.8, 4) is 0 Å². The summed E-state index contributed by atoms with van der Waals surface area (Å²) in [7, 11) is 4.11. The van der Waals surface area contributed by atoms with Gasteiger partial charge in [-0.15, -0.1) is 0 Å². The predicted octanol–water partition coefficient (Wildman–Crippen LogP) is 1.68. The number of aromatic nitrogens is 2. The van der Waals surface area contributed by atoms with Crippen molar-refractivity contribution in [1.29, 1.82) is 0 Å². The molecule has 0 saturated carbocycles. The molecule has 0 unspecified atom stereocenters. The lowest BCUT2D eigenvalue weighted by molar-refractivity contribution is 0.587. The Morgan fingerprint density at radius 2 is 2.06 bits per heavy atom. The minimum absolute atomic E-state index is 0.499. The highest BCUT2D eigenvalue weighted by Gasteiger charge is 2.15. The average Bonchev–Trinajstić information content (AvgIpc) is 2.49. The summed E-state index contributed by atoms with van der Waals surface area (Å²) < 4.78 is 1.97. The third-order valence-corrected chi connectivity index (χ3v) is 2.84. The second-order valence-electron chi connectivity index (χ2n) is 4.56. The van der Waals surface area contributed by atoms with Crippen molar-refractivity contribution in [2.45, 2.75) is 40.3 Å². The second kappa shape index (κ2) is 5.34. The van der Waals surface area contributed by atoms with E-state index >= 15 is 0 Å². The number of rotatable bonds is 5. The molecule has 16 heavy (non-hydrogen) atoms. The number of hydrogen-bond donors (Lipinski definition) is 1. The first kappa shape index (κ1) is 13.0. The molecule has 1 aromatic rings. The minimum atomic E-state index is 0.499. The van der Waals surface area contributed by atoms with Crippen LogP contribution in [0, 0.1) is 6.92 Å². The molecule has 4 nitrogen and oxygen atoms in total. The lowest BCUT2D eigenvalue weighted by atomic mass is 10.2. The molecule has 1 rings (SSSR count). The number of anilines is 1. The molecule has 92 valence electrons. The van der Waals surface area contributed by atoms with Crippen LogP contribution in [0.1, 0.15) is 32.0 Å². The standard InChI is InChI=1S/C12H24N4/c1-7-15(5)12-11(8-13-9(2)3)10(4)14-16(12)6/h9,13H,7-8H2,1-6H3. The van der Waals surface area contributed by atoms with Gasteiger partial charge < -0.3 is 10.2 Å². The molecule has 0 saturated heterocycles. The highest BCUT2D eigenvalue weighted by molar-refractivity contribution is 5.49. The van der Waals surface area contributed by atoms with Gasteiger partial charge in [-0.05, 0) is 13.8 Å². The smallest absolute Gasteiger partial charge is 0.131 e. The van der Waals surface area contributed by atoms with Gasteiger partial charge in [0, 0.05) is 38.8 Å². The van der Waals surface area contributed by atoms with E-state index in [1.54, 1.807) is 0 Å². The molecule has 0 fully saturated rings. The molecule has 1 heterocycles. The number of nitrogens with one attached hydrogen (secondary N) is 1. The van der Waals surface area contributed by atoms with Gasteiger partial charge in [-0.2, -0.15) is 5.10 Å². The van der Waals surface area contributed by atoms with Crippen LogP contribution in [0.3, 0.4) is 0 Å². The number of hydrogen-bond acceptors (Lipinski definition) is 3. The van der Waals surface area contributed by atoms with Crippen LogP contribution in [0.15, 0.2) is 0 Å².